The molecule has 0 saturated carbocycles. The molecule has 0 heterocycles. The molecular weight excluding hydrogens is 493 g/mol. The molecule has 31 heavy (non-hydrogen) atoms. The van der Waals surface area contributed by atoms with Crippen LogP contribution < -0.4 is 0 Å². The molecule has 4 nitrogen and oxygen atoms in total. The Morgan fingerprint density at radius 3 is 1.29 bits per heavy atom. The van der Waals surface area contributed by atoms with Gasteiger partial charge in [0.1, 0.15) is 6.42 Å². The summed E-state index contributed by atoms with van der Waals surface area (Å²) in [5.41, 5.74) is 0. The Kier molecular flexibility index (Phi) is 7.55. The highest BCUT2D eigenvalue weighted by molar-refractivity contribution is 5.91. The molecule has 0 aliphatic carbocycles. The van der Waals surface area contributed by atoms with Gasteiger partial charge in [-0.1, -0.05) is 0 Å². The highest BCUT2D eigenvalue weighted by Crippen LogP contribution is 2.62. The SMILES string of the molecule is CCOC(=O)CC(=O)OC(F)(F)C(F)(F)C(F)(F)C(F)(F)C(F)(F)C(F)(F)C(F)(F)F. The molecule has 0 rings (SSSR count). The van der Waals surface area contributed by atoms with Crippen molar-refractivity contribution < 1.29 is 84.9 Å². The molecule has 0 unspecified atom stereocenters. The zero-order valence-electron chi connectivity index (χ0n) is 14.2. The van der Waals surface area contributed by atoms with E-state index in [9.17, 15) is 75.4 Å². The summed E-state index contributed by atoms with van der Waals surface area (Å²) >= 11 is 0. The van der Waals surface area contributed by atoms with Crippen LogP contribution in [0.25, 0.3) is 0 Å². The van der Waals surface area contributed by atoms with E-state index in [2.05, 4.69) is 9.47 Å². The van der Waals surface area contributed by atoms with Crippen LogP contribution in [0.5, 0.6) is 0 Å². The predicted molar refractivity (Wildman–Crippen MR) is 63.1 cm³/mol. The average Bonchev–Trinajstić information content (AvgIpc) is 2.52. The molecule has 0 aromatic rings. The van der Waals surface area contributed by atoms with Crippen molar-refractivity contribution >= 4 is 11.9 Å². The number of hydrogen-bond donors (Lipinski definition) is 0. The van der Waals surface area contributed by atoms with E-state index in [-0.39, 0.29) is 0 Å². The number of hydrogen-bond acceptors (Lipinski definition) is 4. The zero-order valence-corrected chi connectivity index (χ0v) is 14.2. The van der Waals surface area contributed by atoms with E-state index in [0.29, 0.717) is 0 Å². The fourth-order valence-corrected chi connectivity index (χ4v) is 1.53. The van der Waals surface area contributed by atoms with E-state index >= 15 is 0 Å². The lowest BCUT2D eigenvalue weighted by Gasteiger charge is -2.40. The Morgan fingerprint density at radius 1 is 0.581 bits per heavy atom. The first kappa shape index (κ1) is 28.9. The Hall–Kier alpha value is -2.11. The monoisotopic (exact) mass is 500 g/mol. The van der Waals surface area contributed by atoms with E-state index in [4.69, 9.17) is 0 Å². The van der Waals surface area contributed by atoms with E-state index < -0.39 is 66.9 Å². The third kappa shape index (κ3) is 4.58. The fraction of sp³-hybridized carbons (Fsp3) is 0.833. The van der Waals surface area contributed by atoms with Gasteiger partial charge < -0.3 is 9.47 Å². The first-order valence-electron chi connectivity index (χ1n) is 7.06. The average molecular weight is 500 g/mol. The van der Waals surface area contributed by atoms with Crippen LogP contribution >= 0.6 is 0 Å². The topological polar surface area (TPSA) is 52.6 Å². The van der Waals surface area contributed by atoms with Crippen LogP contribution in [0.15, 0.2) is 0 Å². The zero-order chi connectivity index (χ0) is 25.5. The number of alkyl halides is 15. The quantitative estimate of drug-likeness (QED) is 0.259. The predicted octanol–water partition coefficient (Wildman–Crippen LogP) is 4.81. The molecule has 0 aliphatic rings. The molecule has 0 aromatic heterocycles. The molecule has 19 heteroatoms. The van der Waals surface area contributed by atoms with Crippen molar-refractivity contribution in [3.8, 4) is 0 Å². The normalized spacial score (nSPS) is 15.0. The minimum Gasteiger partial charge on any atom is -0.466 e. The number of carbonyl (C=O) groups excluding carboxylic acids is 2. The minimum absolute atomic E-state index is 0.550. The van der Waals surface area contributed by atoms with Gasteiger partial charge in [-0.2, -0.15) is 65.9 Å². The van der Waals surface area contributed by atoms with Gasteiger partial charge >= 0.3 is 53.8 Å². The summed E-state index contributed by atoms with van der Waals surface area (Å²) in [6.45, 7) is 0.511. The highest BCUT2D eigenvalue weighted by atomic mass is 19.4. The molecule has 0 aliphatic heterocycles. The molecule has 0 bridgehead atoms. The lowest BCUT2D eigenvalue weighted by Crippen LogP contribution is -2.73. The molecule has 0 fully saturated rings. The van der Waals surface area contributed by atoms with E-state index in [0.717, 1.165) is 6.92 Å². The van der Waals surface area contributed by atoms with Crippen molar-refractivity contribution in [1.82, 2.24) is 0 Å². The molecule has 0 N–H and O–H groups in total. The first-order valence-corrected chi connectivity index (χ1v) is 7.06. The molecule has 0 saturated heterocycles. The third-order valence-corrected chi connectivity index (χ3v) is 3.13. The standard InChI is InChI=1S/C12H7F15O4/c1-2-30-4(28)3-5(29)31-12(26,27)10(21,22)8(17,18)6(13,14)7(15,16)9(19,20)11(23,24)25/h2-3H2,1H3. The van der Waals surface area contributed by atoms with Crippen LogP contribution in [0.2, 0.25) is 0 Å². The Morgan fingerprint density at radius 2 is 0.935 bits per heavy atom. The fourth-order valence-electron chi connectivity index (χ4n) is 1.53. The van der Waals surface area contributed by atoms with Crippen molar-refractivity contribution in [3.63, 3.8) is 0 Å². The number of rotatable bonds is 9. The largest absolute Gasteiger partial charge is 0.473 e. The first-order chi connectivity index (χ1) is 13.3. The van der Waals surface area contributed by atoms with Crippen LogP contribution in [0, 0.1) is 0 Å². The van der Waals surface area contributed by atoms with Crippen molar-refractivity contribution in [2.45, 2.75) is 55.2 Å². The lowest BCUT2D eigenvalue weighted by molar-refractivity contribution is -0.468. The summed E-state index contributed by atoms with van der Waals surface area (Å²) in [6, 6.07) is 0. The molecule has 0 aromatic carbocycles. The molecule has 0 radical (unpaired) electrons. The van der Waals surface area contributed by atoms with Crippen LogP contribution in [0.1, 0.15) is 13.3 Å². The maximum atomic E-state index is 13.3. The van der Waals surface area contributed by atoms with Crippen molar-refractivity contribution in [1.29, 1.82) is 0 Å². The Balaban J connectivity index is 6.20. The van der Waals surface area contributed by atoms with Gasteiger partial charge in [0.15, 0.2) is 0 Å². The summed E-state index contributed by atoms with van der Waals surface area (Å²) < 4.78 is 199. The number of ether oxygens (including phenoxy) is 2. The Bertz CT molecular complexity index is 682. The number of carbonyl (C=O) groups is 2. The summed E-state index contributed by atoms with van der Waals surface area (Å²) in [4.78, 5) is 21.6. The van der Waals surface area contributed by atoms with E-state index in [1.165, 1.54) is 0 Å². The summed E-state index contributed by atoms with van der Waals surface area (Å²) in [5.74, 6) is -46.1. The lowest BCUT2D eigenvalue weighted by atomic mass is 9.93. The second-order valence-electron chi connectivity index (χ2n) is 5.34. The summed E-state index contributed by atoms with van der Waals surface area (Å²) in [6.07, 6.45) is -17.0. The smallest absolute Gasteiger partial charge is 0.466 e. The maximum absolute atomic E-state index is 13.3. The summed E-state index contributed by atoms with van der Waals surface area (Å²) in [5, 5.41) is 0. The maximum Gasteiger partial charge on any atom is 0.473 e. The van der Waals surface area contributed by atoms with Crippen LogP contribution in [0.3, 0.4) is 0 Å². The van der Waals surface area contributed by atoms with Crippen molar-refractivity contribution in [3.05, 3.63) is 0 Å². The molecule has 0 spiro atoms. The van der Waals surface area contributed by atoms with Gasteiger partial charge in [0.05, 0.1) is 6.61 Å². The van der Waals surface area contributed by atoms with Gasteiger partial charge in [-0.3, -0.25) is 9.59 Å². The van der Waals surface area contributed by atoms with Gasteiger partial charge in [-0.25, -0.2) is 0 Å². The van der Waals surface area contributed by atoms with Gasteiger partial charge in [0, 0.05) is 0 Å². The number of esters is 2. The van der Waals surface area contributed by atoms with Gasteiger partial charge in [0.25, 0.3) is 0 Å². The van der Waals surface area contributed by atoms with Crippen LogP contribution in [0.4, 0.5) is 65.9 Å². The van der Waals surface area contributed by atoms with Gasteiger partial charge in [-0.15, -0.1) is 0 Å². The van der Waals surface area contributed by atoms with Gasteiger partial charge in [-0.05, 0) is 6.92 Å². The van der Waals surface area contributed by atoms with Crippen molar-refractivity contribution in [2.24, 2.45) is 0 Å². The minimum atomic E-state index is -8.50. The number of halogens is 15. The van der Waals surface area contributed by atoms with Crippen LogP contribution in [-0.4, -0.2) is 60.4 Å². The van der Waals surface area contributed by atoms with Gasteiger partial charge in [0.2, 0.25) is 0 Å². The third-order valence-electron chi connectivity index (χ3n) is 3.13. The molecule has 184 valence electrons. The molecule has 0 amide bonds. The summed E-state index contributed by atoms with van der Waals surface area (Å²) in [7, 11) is 0. The second kappa shape index (κ2) is 8.10. The van der Waals surface area contributed by atoms with Crippen molar-refractivity contribution in [2.75, 3.05) is 6.61 Å². The van der Waals surface area contributed by atoms with Crippen LogP contribution in [-0.2, 0) is 19.1 Å². The molecule has 0 atom stereocenters. The molecular formula is C12H7F15O4. The highest BCUT2D eigenvalue weighted by Gasteiger charge is 2.94. The van der Waals surface area contributed by atoms with E-state index in [1.807, 2.05) is 0 Å². The Labute approximate surface area is 160 Å². The van der Waals surface area contributed by atoms with E-state index in [1.54, 1.807) is 0 Å². The second-order valence-corrected chi connectivity index (χ2v) is 5.34.